The average Bonchev–Trinajstić information content (AvgIpc) is 3.25. The smallest absolute Gasteiger partial charge is 0.130 e. The number of nitrogens with one attached hydrogen (secondary N) is 1. The van der Waals surface area contributed by atoms with Gasteiger partial charge in [0.05, 0.1) is 10.2 Å². The van der Waals surface area contributed by atoms with Crippen molar-refractivity contribution in [2.45, 2.75) is 65.6 Å². The molecule has 1 saturated carbocycles. The van der Waals surface area contributed by atoms with E-state index in [0.717, 1.165) is 58.6 Å². The molecule has 3 fully saturated rings. The number of hydrogen-bond acceptors (Lipinski definition) is 5. The highest BCUT2D eigenvalue weighted by atomic mass is 35.5. The summed E-state index contributed by atoms with van der Waals surface area (Å²) in [6.07, 6.45) is 4.30. The SMILES string of the molecule is Cc1cc(Cl)cc(-c2ccnc3cc([C@H](C)N4CC5C(C4)C5(C)C)sc23)c1OC1CCC(C)NC1. The van der Waals surface area contributed by atoms with Gasteiger partial charge < -0.3 is 10.1 Å². The zero-order valence-corrected chi connectivity index (χ0v) is 23.0. The number of pyridine rings is 1. The highest BCUT2D eigenvalue weighted by molar-refractivity contribution is 7.19. The number of halogens is 1. The zero-order chi connectivity index (χ0) is 24.5. The maximum atomic E-state index is 6.65. The van der Waals surface area contributed by atoms with Crippen LogP contribution in [0.25, 0.3) is 21.3 Å². The van der Waals surface area contributed by atoms with Crippen LogP contribution in [0, 0.1) is 24.2 Å². The van der Waals surface area contributed by atoms with Crippen molar-refractivity contribution in [3.63, 3.8) is 0 Å². The summed E-state index contributed by atoms with van der Waals surface area (Å²) in [4.78, 5) is 8.81. The number of rotatable bonds is 5. The summed E-state index contributed by atoms with van der Waals surface area (Å²) >= 11 is 8.46. The minimum atomic E-state index is 0.173. The van der Waals surface area contributed by atoms with E-state index in [1.807, 2.05) is 23.6 Å². The largest absolute Gasteiger partial charge is 0.488 e. The van der Waals surface area contributed by atoms with Crippen molar-refractivity contribution >= 4 is 33.2 Å². The molecule has 1 aromatic carbocycles. The maximum absolute atomic E-state index is 6.65. The van der Waals surface area contributed by atoms with Crippen molar-refractivity contribution in [1.29, 1.82) is 0 Å². The van der Waals surface area contributed by atoms with Crippen molar-refractivity contribution in [2.75, 3.05) is 19.6 Å². The van der Waals surface area contributed by atoms with Crippen molar-refractivity contribution in [1.82, 2.24) is 15.2 Å². The number of fused-ring (bicyclic) bond motifs is 2. The molecular formula is C29H36ClN3OS. The fourth-order valence-corrected chi connectivity index (χ4v) is 7.86. The highest BCUT2D eigenvalue weighted by Gasteiger charge is 2.62. The van der Waals surface area contributed by atoms with Gasteiger partial charge in [0, 0.05) is 58.9 Å². The lowest BCUT2D eigenvalue weighted by Crippen LogP contribution is -2.42. The second kappa shape index (κ2) is 8.72. The van der Waals surface area contributed by atoms with E-state index in [4.69, 9.17) is 21.3 Å². The van der Waals surface area contributed by atoms with Crippen molar-refractivity contribution in [3.8, 4) is 16.9 Å². The molecule has 4 unspecified atom stereocenters. The van der Waals surface area contributed by atoms with Gasteiger partial charge in [0.25, 0.3) is 0 Å². The number of hydrogen-bond donors (Lipinski definition) is 1. The van der Waals surface area contributed by atoms with E-state index < -0.39 is 0 Å². The van der Waals surface area contributed by atoms with Crippen LogP contribution in [0.5, 0.6) is 5.75 Å². The predicted molar refractivity (Wildman–Crippen MR) is 147 cm³/mol. The fraction of sp³-hybridized carbons (Fsp3) is 0.552. The first-order chi connectivity index (χ1) is 16.7. The standard InChI is InChI=1S/C29H36ClN3OS/c1-16-10-19(30)11-22(27(16)34-20-7-6-17(2)32-13-20)21-8-9-31-25-12-26(35-28(21)25)18(3)33-14-23-24(15-33)29(23,4)5/h8-12,17-18,20,23-24,32H,6-7,13-15H2,1-5H3/t17?,18-,20?,23?,24?/m0/s1. The average molecular weight is 510 g/mol. The molecule has 2 aliphatic heterocycles. The van der Waals surface area contributed by atoms with Crippen molar-refractivity contribution in [3.05, 3.63) is 45.9 Å². The molecule has 3 aromatic rings. The zero-order valence-electron chi connectivity index (χ0n) is 21.4. The van der Waals surface area contributed by atoms with E-state index in [1.54, 1.807) is 0 Å². The highest BCUT2D eigenvalue weighted by Crippen LogP contribution is 2.63. The molecule has 4 heterocycles. The summed E-state index contributed by atoms with van der Waals surface area (Å²) in [7, 11) is 0. The van der Waals surface area contributed by atoms with Crippen LogP contribution < -0.4 is 10.1 Å². The lowest BCUT2D eigenvalue weighted by molar-refractivity contribution is 0.152. The van der Waals surface area contributed by atoms with E-state index in [1.165, 1.54) is 28.2 Å². The van der Waals surface area contributed by atoms with Gasteiger partial charge in [0.2, 0.25) is 0 Å². The van der Waals surface area contributed by atoms with E-state index in [9.17, 15) is 0 Å². The van der Waals surface area contributed by atoms with E-state index >= 15 is 0 Å². The molecule has 6 heteroatoms. The molecule has 2 aromatic heterocycles. The Bertz CT molecular complexity index is 1250. The van der Waals surface area contributed by atoms with Crippen LogP contribution in [0.2, 0.25) is 5.02 Å². The van der Waals surface area contributed by atoms with Gasteiger partial charge in [0.15, 0.2) is 0 Å². The number of aryl methyl sites for hydroxylation is 1. The van der Waals surface area contributed by atoms with Crippen LogP contribution in [0.3, 0.4) is 0 Å². The molecule has 1 aliphatic carbocycles. The number of likely N-dealkylation sites (tertiary alicyclic amines) is 1. The molecule has 0 spiro atoms. The number of thiophene rings is 1. The van der Waals surface area contributed by atoms with Gasteiger partial charge >= 0.3 is 0 Å². The molecule has 4 nitrogen and oxygen atoms in total. The summed E-state index contributed by atoms with van der Waals surface area (Å²) < 4.78 is 7.87. The molecule has 0 amide bonds. The fourth-order valence-electron chi connectivity index (χ4n) is 6.36. The lowest BCUT2D eigenvalue weighted by atomic mass is 10.0. The number of aromatic nitrogens is 1. The summed E-state index contributed by atoms with van der Waals surface area (Å²) in [5, 5.41) is 4.31. The molecule has 0 radical (unpaired) electrons. The molecular weight excluding hydrogens is 474 g/mol. The minimum absolute atomic E-state index is 0.173. The first-order valence-corrected chi connectivity index (χ1v) is 14.2. The van der Waals surface area contributed by atoms with Crippen LogP contribution >= 0.6 is 22.9 Å². The van der Waals surface area contributed by atoms with E-state index in [-0.39, 0.29) is 6.10 Å². The van der Waals surface area contributed by atoms with Crippen LogP contribution in [0.4, 0.5) is 0 Å². The summed E-state index contributed by atoms with van der Waals surface area (Å²) in [5.74, 6) is 2.67. The monoisotopic (exact) mass is 509 g/mol. The molecule has 1 N–H and O–H groups in total. The Hall–Kier alpha value is -1.66. The number of benzene rings is 1. The third-order valence-corrected chi connectivity index (χ3v) is 10.5. The first-order valence-electron chi connectivity index (χ1n) is 13.1. The lowest BCUT2D eigenvalue weighted by Gasteiger charge is -2.29. The Labute approximate surface area is 218 Å². The third-order valence-electron chi connectivity index (χ3n) is 8.97. The van der Waals surface area contributed by atoms with Gasteiger partial charge in [0.1, 0.15) is 11.9 Å². The van der Waals surface area contributed by atoms with Gasteiger partial charge in [-0.25, -0.2) is 0 Å². The molecule has 6 rings (SSSR count). The number of nitrogens with zero attached hydrogens (tertiary/aromatic N) is 2. The van der Waals surface area contributed by atoms with Gasteiger partial charge in [-0.1, -0.05) is 25.4 Å². The van der Waals surface area contributed by atoms with Gasteiger partial charge in [-0.05, 0) is 80.7 Å². The minimum Gasteiger partial charge on any atom is -0.488 e. The van der Waals surface area contributed by atoms with Gasteiger partial charge in [-0.15, -0.1) is 11.3 Å². The third kappa shape index (κ3) is 4.19. The van der Waals surface area contributed by atoms with Crippen LogP contribution in [0.15, 0.2) is 30.5 Å². The van der Waals surface area contributed by atoms with E-state index in [0.29, 0.717) is 17.5 Å². The summed E-state index contributed by atoms with van der Waals surface area (Å²) in [5.41, 5.74) is 4.93. The molecule has 186 valence electrons. The Kier molecular flexibility index (Phi) is 5.91. The Morgan fingerprint density at radius 1 is 1.17 bits per heavy atom. The van der Waals surface area contributed by atoms with Crippen LogP contribution in [0.1, 0.15) is 57.0 Å². The predicted octanol–water partition coefficient (Wildman–Crippen LogP) is 7.09. The topological polar surface area (TPSA) is 37.4 Å². The first kappa shape index (κ1) is 23.7. The Morgan fingerprint density at radius 2 is 1.94 bits per heavy atom. The second-order valence-electron chi connectivity index (χ2n) is 11.6. The molecule has 3 aliphatic rings. The number of piperidine rings is 2. The quantitative estimate of drug-likeness (QED) is 0.398. The van der Waals surface area contributed by atoms with Gasteiger partial charge in [-0.2, -0.15) is 0 Å². The summed E-state index contributed by atoms with van der Waals surface area (Å²) in [6, 6.07) is 9.47. The molecule has 2 saturated heterocycles. The maximum Gasteiger partial charge on any atom is 0.130 e. The Balaban J connectivity index is 1.33. The van der Waals surface area contributed by atoms with E-state index in [2.05, 4.69) is 63.0 Å². The van der Waals surface area contributed by atoms with Gasteiger partial charge in [-0.3, -0.25) is 9.88 Å². The second-order valence-corrected chi connectivity index (χ2v) is 13.1. The van der Waals surface area contributed by atoms with Crippen molar-refractivity contribution < 1.29 is 4.74 Å². The molecule has 35 heavy (non-hydrogen) atoms. The normalized spacial score (nSPS) is 28.7. The van der Waals surface area contributed by atoms with Crippen molar-refractivity contribution in [2.24, 2.45) is 17.3 Å². The molecule has 5 atom stereocenters. The van der Waals surface area contributed by atoms with Crippen LogP contribution in [-0.4, -0.2) is 41.7 Å². The molecule has 0 bridgehead atoms. The number of ether oxygens (including phenoxy) is 1. The van der Waals surface area contributed by atoms with Crippen LogP contribution in [-0.2, 0) is 0 Å². The summed E-state index contributed by atoms with van der Waals surface area (Å²) in [6.45, 7) is 14.9. The Morgan fingerprint density at radius 3 is 2.66 bits per heavy atom.